The third-order valence-electron chi connectivity index (χ3n) is 2.61. The summed E-state index contributed by atoms with van der Waals surface area (Å²) in [4.78, 5) is 2.02. The van der Waals surface area contributed by atoms with Crippen LogP contribution in [0.5, 0.6) is 11.5 Å². The lowest BCUT2D eigenvalue weighted by Crippen LogP contribution is -2.24. The van der Waals surface area contributed by atoms with Crippen LogP contribution in [-0.4, -0.2) is 42.4 Å². The summed E-state index contributed by atoms with van der Waals surface area (Å²) in [5.74, 6) is 0.470. The van der Waals surface area contributed by atoms with Crippen molar-refractivity contribution in [2.45, 2.75) is 13.0 Å². The molecule has 0 saturated carbocycles. The van der Waals surface area contributed by atoms with Gasteiger partial charge in [0, 0.05) is 6.54 Å². The summed E-state index contributed by atoms with van der Waals surface area (Å²) in [6, 6.07) is 4.89. The van der Waals surface area contributed by atoms with Crippen LogP contribution in [0.15, 0.2) is 18.2 Å². The number of benzene rings is 1. The van der Waals surface area contributed by atoms with Crippen LogP contribution in [0.4, 0.5) is 0 Å². The van der Waals surface area contributed by atoms with Gasteiger partial charge in [-0.3, -0.25) is 0 Å². The van der Waals surface area contributed by atoms with Crippen LogP contribution >= 0.6 is 0 Å². The smallest absolute Gasteiger partial charge is 0.160 e. The summed E-state index contributed by atoms with van der Waals surface area (Å²) >= 11 is 0. The first kappa shape index (κ1) is 12.8. The molecule has 90 valence electrons. The minimum atomic E-state index is -0.570. The standard InChI is InChI=1S/C12H19NO3/c1-4-13(2)8-11(15)9-5-6-10(14)12(7-9)16-3/h5-7,11,14-15H,4,8H2,1-3H3/t11-/m0/s1. The molecule has 1 rings (SSSR count). The van der Waals surface area contributed by atoms with E-state index in [-0.39, 0.29) is 5.75 Å². The number of phenols is 1. The highest BCUT2D eigenvalue weighted by Crippen LogP contribution is 2.28. The van der Waals surface area contributed by atoms with E-state index in [2.05, 4.69) is 0 Å². The minimum absolute atomic E-state index is 0.0855. The lowest BCUT2D eigenvalue weighted by atomic mass is 10.1. The van der Waals surface area contributed by atoms with Crippen LogP contribution in [0.25, 0.3) is 0 Å². The topological polar surface area (TPSA) is 52.9 Å². The second kappa shape index (κ2) is 5.72. The molecule has 0 spiro atoms. The van der Waals surface area contributed by atoms with E-state index in [0.717, 1.165) is 12.1 Å². The summed E-state index contributed by atoms with van der Waals surface area (Å²) < 4.78 is 4.99. The van der Waals surface area contributed by atoms with E-state index in [9.17, 15) is 10.2 Å². The Balaban J connectivity index is 2.79. The average molecular weight is 225 g/mol. The van der Waals surface area contributed by atoms with Crippen LogP contribution in [0.2, 0.25) is 0 Å². The molecule has 0 saturated heterocycles. The summed E-state index contributed by atoms with van der Waals surface area (Å²) in [6.07, 6.45) is -0.570. The highest BCUT2D eigenvalue weighted by atomic mass is 16.5. The summed E-state index contributed by atoms with van der Waals surface area (Å²) in [7, 11) is 3.43. The highest BCUT2D eigenvalue weighted by molar-refractivity contribution is 5.42. The van der Waals surface area contributed by atoms with E-state index in [4.69, 9.17) is 4.74 Å². The number of aromatic hydroxyl groups is 1. The average Bonchev–Trinajstić information content (AvgIpc) is 2.29. The maximum atomic E-state index is 9.95. The molecule has 1 aromatic carbocycles. The van der Waals surface area contributed by atoms with Crippen LogP contribution in [0.3, 0.4) is 0 Å². The van der Waals surface area contributed by atoms with Gasteiger partial charge in [0.15, 0.2) is 11.5 Å². The lowest BCUT2D eigenvalue weighted by Gasteiger charge is -2.19. The molecule has 0 unspecified atom stereocenters. The third kappa shape index (κ3) is 3.12. The number of aliphatic hydroxyl groups is 1. The molecule has 0 bridgehead atoms. The quantitative estimate of drug-likeness (QED) is 0.795. The maximum absolute atomic E-state index is 9.95. The molecule has 4 nitrogen and oxygen atoms in total. The van der Waals surface area contributed by atoms with Gasteiger partial charge in [-0.05, 0) is 31.3 Å². The van der Waals surface area contributed by atoms with Crippen LogP contribution in [0, 0.1) is 0 Å². The number of aliphatic hydroxyl groups excluding tert-OH is 1. The molecule has 1 aromatic rings. The van der Waals surface area contributed by atoms with Crippen molar-refractivity contribution in [3.63, 3.8) is 0 Å². The number of rotatable bonds is 5. The number of likely N-dealkylation sites (N-methyl/N-ethyl adjacent to an activating group) is 1. The van der Waals surface area contributed by atoms with Crippen LogP contribution in [0.1, 0.15) is 18.6 Å². The fourth-order valence-corrected chi connectivity index (χ4v) is 1.43. The monoisotopic (exact) mass is 225 g/mol. The van der Waals surface area contributed by atoms with Crippen molar-refractivity contribution in [2.24, 2.45) is 0 Å². The number of methoxy groups -OCH3 is 1. The van der Waals surface area contributed by atoms with Gasteiger partial charge in [-0.25, -0.2) is 0 Å². The summed E-state index contributed by atoms with van der Waals surface area (Å²) in [5, 5.41) is 19.4. The van der Waals surface area contributed by atoms with Crippen molar-refractivity contribution in [1.29, 1.82) is 0 Å². The highest BCUT2D eigenvalue weighted by Gasteiger charge is 2.12. The van der Waals surface area contributed by atoms with Gasteiger partial charge in [0.25, 0.3) is 0 Å². The van der Waals surface area contributed by atoms with E-state index >= 15 is 0 Å². The van der Waals surface area contributed by atoms with Gasteiger partial charge in [-0.15, -0.1) is 0 Å². The Bertz CT molecular complexity index is 341. The zero-order valence-corrected chi connectivity index (χ0v) is 9.97. The van der Waals surface area contributed by atoms with Crippen LogP contribution in [-0.2, 0) is 0 Å². The minimum Gasteiger partial charge on any atom is -0.504 e. The van der Waals surface area contributed by atoms with Crippen molar-refractivity contribution >= 4 is 0 Å². The van der Waals surface area contributed by atoms with Gasteiger partial charge in [-0.2, -0.15) is 0 Å². The molecule has 0 amide bonds. The number of ether oxygens (including phenoxy) is 1. The first-order chi connectivity index (χ1) is 7.58. The Morgan fingerprint density at radius 3 is 2.69 bits per heavy atom. The van der Waals surface area contributed by atoms with Gasteiger partial charge in [0.2, 0.25) is 0 Å². The Morgan fingerprint density at radius 2 is 2.12 bits per heavy atom. The lowest BCUT2D eigenvalue weighted by molar-refractivity contribution is 0.129. The van der Waals surface area contributed by atoms with E-state index in [1.54, 1.807) is 12.1 Å². The number of hydrogen-bond acceptors (Lipinski definition) is 4. The molecular weight excluding hydrogens is 206 g/mol. The first-order valence-corrected chi connectivity index (χ1v) is 5.32. The van der Waals surface area contributed by atoms with Gasteiger partial charge >= 0.3 is 0 Å². The Kier molecular flexibility index (Phi) is 4.58. The molecule has 0 aromatic heterocycles. The molecule has 0 heterocycles. The first-order valence-electron chi connectivity index (χ1n) is 5.32. The normalized spacial score (nSPS) is 12.8. The van der Waals surface area contributed by atoms with E-state index < -0.39 is 6.10 Å². The van der Waals surface area contributed by atoms with Crippen LogP contribution < -0.4 is 4.74 Å². The zero-order chi connectivity index (χ0) is 12.1. The zero-order valence-electron chi connectivity index (χ0n) is 9.97. The Hall–Kier alpha value is -1.26. The van der Waals surface area contributed by atoms with Gasteiger partial charge in [0.05, 0.1) is 13.2 Å². The molecule has 0 aliphatic rings. The summed E-state index contributed by atoms with van der Waals surface area (Å²) in [6.45, 7) is 3.47. The van der Waals surface area contributed by atoms with Crippen molar-refractivity contribution in [1.82, 2.24) is 4.90 Å². The van der Waals surface area contributed by atoms with Gasteiger partial charge in [0.1, 0.15) is 0 Å². The summed E-state index contributed by atoms with van der Waals surface area (Å²) in [5.41, 5.74) is 0.745. The third-order valence-corrected chi connectivity index (χ3v) is 2.61. The Morgan fingerprint density at radius 1 is 1.44 bits per heavy atom. The van der Waals surface area contributed by atoms with Crippen molar-refractivity contribution < 1.29 is 14.9 Å². The van der Waals surface area contributed by atoms with E-state index in [1.807, 2.05) is 18.9 Å². The fourth-order valence-electron chi connectivity index (χ4n) is 1.43. The predicted molar refractivity (Wildman–Crippen MR) is 62.8 cm³/mol. The second-order valence-electron chi connectivity index (χ2n) is 3.80. The number of phenolic OH excluding ortho intramolecular Hbond substituents is 1. The molecule has 4 heteroatoms. The molecule has 1 atom stereocenters. The van der Waals surface area contributed by atoms with Crippen molar-refractivity contribution in [3.8, 4) is 11.5 Å². The Labute approximate surface area is 96.1 Å². The maximum Gasteiger partial charge on any atom is 0.160 e. The number of nitrogens with zero attached hydrogens (tertiary/aromatic N) is 1. The van der Waals surface area contributed by atoms with Crippen molar-refractivity contribution in [3.05, 3.63) is 23.8 Å². The molecule has 2 N–H and O–H groups in total. The predicted octanol–water partition coefficient (Wildman–Crippen LogP) is 1.39. The molecular formula is C12H19NO3. The van der Waals surface area contributed by atoms with Gasteiger partial charge < -0.3 is 19.8 Å². The molecule has 16 heavy (non-hydrogen) atoms. The molecule has 0 aliphatic carbocycles. The number of hydrogen-bond donors (Lipinski definition) is 2. The molecule has 0 aliphatic heterocycles. The van der Waals surface area contributed by atoms with E-state index in [0.29, 0.717) is 12.3 Å². The SMILES string of the molecule is CCN(C)C[C@H](O)c1ccc(O)c(OC)c1. The molecule has 0 radical (unpaired) electrons. The van der Waals surface area contributed by atoms with E-state index in [1.165, 1.54) is 13.2 Å². The largest absolute Gasteiger partial charge is 0.504 e. The molecule has 0 fully saturated rings. The van der Waals surface area contributed by atoms with Gasteiger partial charge in [-0.1, -0.05) is 13.0 Å². The fraction of sp³-hybridized carbons (Fsp3) is 0.500. The second-order valence-corrected chi connectivity index (χ2v) is 3.80. The van der Waals surface area contributed by atoms with Crippen molar-refractivity contribution in [2.75, 3.05) is 27.2 Å².